The first-order chi connectivity index (χ1) is 19.7. The fourth-order valence-electron chi connectivity index (χ4n) is 5.08. The van der Waals surface area contributed by atoms with Crippen molar-refractivity contribution in [1.82, 2.24) is 19.4 Å². The van der Waals surface area contributed by atoms with E-state index in [1.165, 1.54) is 59.6 Å². The van der Waals surface area contributed by atoms with Gasteiger partial charge in [0, 0.05) is 41.5 Å². The van der Waals surface area contributed by atoms with E-state index in [9.17, 15) is 14.4 Å². The number of aromatic amines is 2. The van der Waals surface area contributed by atoms with E-state index in [1.54, 1.807) is 6.07 Å². The van der Waals surface area contributed by atoms with E-state index in [0.717, 1.165) is 0 Å². The molecule has 0 aliphatic heterocycles. The summed E-state index contributed by atoms with van der Waals surface area (Å²) < 4.78 is 43.5. The fourth-order valence-corrected chi connectivity index (χ4v) is 5.08. The van der Waals surface area contributed by atoms with Gasteiger partial charge in [0.25, 0.3) is 5.56 Å². The van der Waals surface area contributed by atoms with Crippen LogP contribution in [-0.4, -0.2) is 52.7 Å². The fraction of sp³-hybridized carbons (Fsp3) is 0.167. The molecule has 0 bridgehead atoms. The molecule has 9 nitrogen and oxygen atoms in total. The number of halogens is 2. The van der Waals surface area contributed by atoms with Gasteiger partial charge in [-0.3, -0.25) is 9.59 Å². The number of nitrogens with one attached hydrogen (secondary N) is 2. The van der Waals surface area contributed by atoms with E-state index in [4.69, 9.17) is 9.15 Å². The van der Waals surface area contributed by atoms with Crippen LogP contribution in [0.25, 0.3) is 43.9 Å². The number of likely N-dealkylation sites (N-methyl/N-ethyl adjacent to an activating group) is 1. The van der Waals surface area contributed by atoms with Gasteiger partial charge in [-0.15, -0.1) is 0 Å². The van der Waals surface area contributed by atoms with E-state index in [0.29, 0.717) is 17.4 Å². The average Bonchev–Trinajstić information content (AvgIpc) is 3.54. The van der Waals surface area contributed by atoms with Crippen molar-refractivity contribution in [3.05, 3.63) is 105 Å². The standard InChI is InChI=1S/C30H24F2N4O5/c1-35(2)9-11-41-30(39)27-25(18-4-3-7-34-29(18)38)26-23(14-21(32)17-6-10-40-28(17)26)36(27)15-16-12-19-22(13-20(16)31)33-8-5-24(19)37/h3-8,10,12-14H,9,11,15H2,1-2H3,(H,33,37)(H,34,38). The zero-order valence-corrected chi connectivity index (χ0v) is 22.1. The summed E-state index contributed by atoms with van der Waals surface area (Å²) in [6.07, 6.45) is 4.18. The highest BCUT2D eigenvalue weighted by Crippen LogP contribution is 2.40. The molecule has 0 saturated carbocycles. The number of benzene rings is 2. The van der Waals surface area contributed by atoms with Crippen LogP contribution in [0.3, 0.4) is 0 Å². The van der Waals surface area contributed by atoms with Crippen LogP contribution in [-0.2, 0) is 11.3 Å². The van der Waals surface area contributed by atoms with Crippen LogP contribution in [0.4, 0.5) is 8.78 Å². The van der Waals surface area contributed by atoms with Crippen LogP contribution < -0.4 is 11.0 Å². The molecule has 41 heavy (non-hydrogen) atoms. The average molecular weight is 559 g/mol. The maximum Gasteiger partial charge on any atom is 0.355 e. The van der Waals surface area contributed by atoms with Gasteiger partial charge in [0.15, 0.2) is 5.43 Å². The van der Waals surface area contributed by atoms with Gasteiger partial charge in [0.1, 0.15) is 29.5 Å². The highest BCUT2D eigenvalue weighted by Gasteiger charge is 2.30. The normalized spacial score (nSPS) is 11.7. The highest BCUT2D eigenvalue weighted by molar-refractivity contribution is 6.17. The number of aromatic nitrogens is 3. The highest BCUT2D eigenvalue weighted by atomic mass is 19.1. The molecule has 0 saturated heterocycles. The molecule has 6 rings (SSSR count). The number of ether oxygens (including phenoxy) is 1. The molecule has 208 valence electrons. The summed E-state index contributed by atoms with van der Waals surface area (Å²) in [7, 11) is 3.64. The largest absolute Gasteiger partial charge is 0.463 e. The zero-order chi connectivity index (χ0) is 28.8. The number of nitrogens with zero attached hydrogens (tertiary/aromatic N) is 2. The lowest BCUT2D eigenvalue weighted by molar-refractivity contribution is 0.0471. The van der Waals surface area contributed by atoms with Crippen molar-refractivity contribution < 1.29 is 22.7 Å². The molecular formula is C30H24F2N4O5. The first-order valence-electron chi connectivity index (χ1n) is 12.8. The summed E-state index contributed by atoms with van der Waals surface area (Å²) in [5, 5.41) is 0.690. The van der Waals surface area contributed by atoms with E-state index in [1.807, 2.05) is 19.0 Å². The van der Waals surface area contributed by atoms with Crippen molar-refractivity contribution in [1.29, 1.82) is 0 Å². The van der Waals surface area contributed by atoms with Crippen LogP contribution >= 0.6 is 0 Å². The Labute approximate surface area is 230 Å². The van der Waals surface area contributed by atoms with Crippen LogP contribution in [0.15, 0.2) is 75.1 Å². The third kappa shape index (κ3) is 4.49. The van der Waals surface area contributed by atoms with Crippen LogP contribution in [0.2, 0.25) is 0 Å². The monoisotopic (exact) mass is 558 g/mol. The third-order valence-corrected chi connectivity index (χ3v) is 7.02. The maximum absolute atomic E-state index is 15.4. The number of rotatable bonds is 7. The van der Waals surface area contributed by atoms with Crippen LogP contribution in [0, 0.1) is 11.6 Å². The third-order valence-electron chi connectivity index (χ3n) is 7.02. The Kier molecular flexibility index (Phi) is 6.50. The summed E-state index contributed by atoms with van der Waals surface area (Å²) in [4.78, 5) is 46.6. The van der Waals surface area contributed by atoms with Crippen LogP contribution in [0.1, 0.15) is 16.1 Å². The quantitative estimate of drug-likeness (QED) is 0.276. The van der Waals surface area contributed by atoms with Crippen molar-refractivity contribution in [2.24, 2.45) is 0 Å². The first kappa shape index (κ1) is 26.2. The predicted molar refractivity (Wildman–Crippen MR) is 150 cm³/mol. The number of fused-ring (bicyclic) bond motifs is 4. The smallest absolute Gasteiger partial charge is 0.355 e. The van der Waals surface area contributed by atoms with Crippen molar-refractivity contribution in [2.45, 2.75) is 6.54 Å². The van der Waals surface area contributed by atoms with Gasteiger partial charge < -0.3 is 28.6 Å². The van der Waals surface area contributed by atoms with E-state index < -0.39 is 23.2 Å². The lowest BCUT2D eigenvalue weighted by Crippen LogP contribution is -2.22. The molecule has 0 aliphatic carbocycles. The molecule has 0 unspecified atom stereocenters. The Morgan fingerprint density at radius 1 is 1.02 bits per heavy atom. The van der Waals surface area contributed by atoms with Crippen molar-refractivity contribution in [3.8, 4) is 11.1 Å². The summed E-state index contributed by atoms with van der Waals surface area (Å²) in [5.74, 6) is -2.07. The van der Waals surface area contributed by atoms with Gasteiger partial charge in [-0.25, -0.2) is 13.6 Å². The lowest BCUT2D eigenvalue weighted by atomic mass is 10.0. The van der Waals surface area contributed by atoms with Gasteiger partial charge in [0.2, 0.25) is 0 Å². The van der Waals surface area contributed by atoms with Crippen molar-refractivity contribution >= 4 is 38.7 Å². The maximum atomic E-state index is 15.4. The molecule has 6 aromatic rings. The number of carbonyl (C=O) groups excluding carboxylic acids is 1. The molecular weight excluding hydrogens is 534 g/mol. The van der Waals surface area contributed by atoms with Crippen molar-refractivity contribution in [2.75, 3.05) is 27.2 Å². The Morgan fingerprint density at radius 2 is 1.85 bits per heavy atom. The van der Waals surface area contributed by atoms with Crippen LogP contribution in [0.5, 0.6) is 0 Å². The molecule has 2 aromatic carbocycles. The zero-order valence-electron chi connectivity index (χ0n) is 22.1. The summed E-state index contributed by atoms with van der Waals surface area (Å²) in [6.45, 7) is 0.176. The number of esters is 1. The van der Waals surface area contributed by atoms with Gasteiger partial charge in [-0.2, -0.15) is 0 Å². The Bertz CT molecular complexity index is 2090. The Morgan fingerprint density at radius 3 is 2.63 bits per heavy atom. The topological polar surface area (TPSA) is 113 Å². The second kappa shape index (κ2) is 10.2. The van der Waals surface area contributed by atoms with Gasteiger partial charge in [0.05, 0.1) is 40.2 Å². The Hall–Kier alpha value is -5.03. The number of H-pyrrole nitrogens is 2. The van der Waals surface area contributed by atoms with Gasteiger partial charge in [-0.05, 0) is 50.5 Å². The van der Waals surface area contributed by atoms with E-state index in [-0.39, 0.29) is 62.8 Å². The number of hydrogen-bond donors (Lipinski definition) is 2. The number of furan rings is 1. The summed E-state index contributed by atoms with van der Waals surface area (Å²) in [5.41, 5.74) is 0.0635. The van der Waals surface area contributed by atoms with Gasteiger partial charge >= 0.3 is 5.97 Å². The van der Waals surface area contributed by atoms with Gasteiger partial charge in [-0.1, -0.05) is 0 Å². The molecule has 4 heterocycles. The lowest BCUT2D eigenvalue weighted by Gasteiger charge is -2.14. The number of pyridine rings is 2. The number of hydrogen-bond acceptors (Lipinski definition) is 6. The van der Waals surface area contributed by atoms with E-state index in [2.05, 4.69) is 9.97 Å². The molecule has 0 aliphatic rings. The SMILES string of the molecule is CN(C)CCOC(=O)c1c(-c2ccc[nH]c2=O)c2c3occc3c(F)cc2n1Cc1cc2c(=O)cc[nH]c2cc1F. The summed E-state index contributed by atoms with van der Waals surface area (Å²) in [6, 6.07) is 9.71. The minimum absolute atomic E-state index is 0.0299. The van der Waals surface area contributed by atoms with E-state index >= 15 is 8.78 Å². The molecule has 0 amide bonds. The minimum atomic E-state index is -0.791. The second-order valence-corrected chi connectivity index (χ2v) is 9.91. The first-order valence-corrected chi connectivity index (χ1v) is 12.8. The molecule has 4 aromatic heterocycles. The molecule has 0 radical (unpaired) electrons. The minimum Gasteiger partial charge on any atom is -0.463 e. The summed E-state index contributed by atoms with van der Waals surface area (Å²) >= 11 is 0. The molecule has 11 heteroatoms. The molecule has 2 N–H and O–H groups in total. The molecule has 0 atom stereocenters. The van der Waals surface area contributed by atoms with Crippen molar-refractivity contribution in [3.63, 3.8) is 0 Å². The molecule has 0 spiro atoms. The molecule has 0 fully saturated rings. The second-order valence-electron chi connectivity index (χ2n) is 9.91. The Balaban J connectivity index is 1.68. The predicted octanol–water partition coefficient (Wildman–Crippen LogP) is 4.63. The number of carbonyl (C=O) groups is 1.